The van der Waals surface area contributed by atoms with Gasteiger partial charge in [-0.1, -0.05) is 175 Å². The van der Waals surface area contributed by atoms with Crippen LogP contribution in [0.2, 0.25) is 0 Å². The van der Waals surface area contributed by atoms with Gasteiger partial charge in [0.2, 0.25) is 0 Å². The summed E-state index contributed by atoms with van der Waals surface area (Å²) in [6, 6.07) is 34.3. The second-order valence-electron chi connectivity index (χ2n) is 19.9. The molecule has 0 saturated carbocycles. The van der Waals surface area contributed by atoms with Gasteiger partial charge in [-0.15, -0.1) is 0 Å². The van der Waals surface area contributed by atoms with E-state index in [1.165, 1.54) is 89.9 Å². The van der Waals surface area contributed by atoms with Gasteiger partial charge >= 0.3 is 0 Å². The van der Waals surface area contributed by atoms with Gasteiger partial charge < -0.3 is 37.9 Å². The molecule has 8 rings (SSSR count). The maximum atomic E-state index is 6.98. The van der Waals surface area contributed by atoms with Crippen LogP contribution in [0, 0.1) is 0 Å². The van der Waals surface area contributed by atoms with Crippen molar-refractivity contribution < 1.29 is 37.9 Å². The Labute approximate surface area is 455 Å². The Bertz CT molecular complexity index is 2110. The number of hydrogen-bond acceptors (Lipinski definition) is 10. The number of benzene rings is 5. The Morgan fingerprint density at radius 1 is 0.297 bits per heavy atom. The van der Waals surface area contributed by atoms with Crippen molar-refractivity contribution in [1.29, 1.82) is 0 Å². The number of ether oxygens (including phenoxy) is 8. The number of hydrogen-bond donors (Lipinski definition) is 2. The number of para-hydroxylation sites is 6. The molecule has 2 heterocycles. The van der Waals surface area contributed by atoms with Crippen LogP contribution in [0.5, 0.6) is 34.5 Å². The predicted molar refractivity (Wildman–Crippen MR) is 309 cm³/mol. The lowest BCUT2D eigenvalue weighted by atomic mass is 9.91. The standard InChI is InChI=1S/C64H86O8S2/c73-45-19-13-9-5-1-3-7-11-17-35-69-61-51-25-21-26-52(61)48-56-30-24-32-58-50-54-28-22-27-53(62(54)70-36-18-12-8-4-2-6-10-14-20-46-74)49-57-31-23-29-55(47-51)63(57)71-43-39-65-37-41-67-59-33-15-16-34-60(59)68-42-38-66-40-44-72-64(56)58/h15-16,21-34,73-74H,1-14,17-20,35-50H2. The van der Waals surface area contributed by atoms with Crippen LogP contribution >= 0.6 is 25.3 Å². The van der Waals surface area contributed by atoms with Gasteiger partial charge in [-0.2, -0.15) is 25.3 Å². The Balaban J connectivity index is 1.19. The first-order chi connectivity index (χ1) is 36.7. The summed E-state index contributed by atoms with van der Waals surface area (Å²) in [7, 11) is 0. The summed E-state index contributed by atoms with van der Waals surface area (Å²) in [6.07, 6.45) is 24.9. The highest BCUT2D eigenvalue weighted by Gasteiger charge is 2.22. The molecule has 1 aliphatic carbocycles. The van der Waals surface area contributed by atoms with Crippen molar-refractivity contribution >= 4 is 25.3 Å². The molecular formula is C64H86O8S2. The quantitative estimate of drug-likeness (QED) is 0.0353. The molecule has 0 N–H and O–H groups in total. The first-order valence-corrected chi connectivity index (χ1v) is 29.6. The van der Waals surface area contributed by atoms with Crippen molar-refractivity contribution in [1.82, 2.24) is 0 Å². The summed E-state index contributed by atoms with van der Waals surface area (Å²) in [5, 5.41) is 0. The molecule has 0 fully saturated rings. The van der Waals surface area contributed by atoms with E-state index in [-0.39, 0.29) is 0 Å². The van der Waals surface area contributed by atoms with Crippen molar-refractivity contribution in [3.63, 3.8) is 0 Å². The van der Waals surface area contributed by atoms with E-state index in [0.29, 0.717) is 103 Å². The third kappa shape index (κ3) is 19.3. The first kappa shape index (κ1) is 57.2. The van der Waals surface area contributed by atoms with E-state index >= 15 is 0 Å². The molecule has 5 aromatic rings. The van der Waals surface area contributed by atoms with Gasteiger partial charge in [-0.3, -0.25) is 0 Å². The largest absolute Gasteiger partial charge is 0.493 e. The monoisotopic (exact) mass is 1050 g/mol. The summed E-state index contributed by atoms with van der Waals surface area (Å²) in [6.45, 7) is 4.51. The lowest BCUT2D eigenvalue weighted by Gasteiger charge is -2.23. The van der Waals surface area contributed by atoms with Gasteiger partial charge in [0.25, 0.3) is 0 Å². The zero-order chi connectivity index (χ0) is 51.1. The molecular weight excluding hydrogens is 961 g/mol. The van der Waals surface area contributed by atoms with Crippen LogP contribution in [0.3, 0.4) is 0 Å². The molecule has 0 aromatic heterocycles. The minimum Gasteiger partial charge on any atom is -0.493 e. The zero-order valence-electron chi connectivity index (χ0n) is 44.4. The van der Waals surface area contributed by atoms with E-state index in [1.54, 1.807) is 0 Å². The molecule has 5 aromatic carbocycles. The normalized spacial score (nSPS) is 14.4. The Kier molecular flexibility index (Phi) is 26.5. The molecule has 0 spiro atoms. The molecule has 0 radical (unpaired) electrons. The van der Waals surface area contributed by atoms with Crippen LogP contribution in [-0.2, 0) is 35.2 Å². The van der Waals surface area contributed by atoms with Gasteiger partial charge in [-0.25, -0.2) is 0 Å². The molecule has 10 heteroatoms. The zero-order valence-corrected chi connectivity index (χ0v) is 46.2. The third-order valence-electron chi connectivity index (χ3n) is 14.1. The van der Waals surface area contributed by atoms with Crippen molar-refractivity contribution in [2.75, 3.05) is 77.6 Å². The van der Waals surface area contributed by atoms with E-state index in [0.717, 1.165) is 105 Å². The summed E-state index contributed by atoms with van der Waals surface area (Å²) >= 11 is 8.75. The molecule has 3 aliphatic rings. The third-order valence-corrected chi connectivity index (χ3v) is 14.7. The average Bonchev–Trinajstić information content (AvgIpc) is 3.41. The van der Waals surface area contributed by atoms with Gasteiger partial charge in [0, 0.05) is 25.7 Å². The van der Waals surface area contributed by atoms with E-state index < -0.39 is 0 Å². The molecule has 74 heavy (non-hydrogen) atoms. The number of unbranched alkanes of at least 4 members (excludes halogenated alkanes) is 16. The first-order valence-electron chi connectivity index (χ1n) is 28.4. The summed E-state index contributed by atoms with van der Waals surface area (Å²) in [5.41, 5.74) is 9.03. The lowest BCUT2D eigenvalue weighted by Crippen LogP contribution is -2.14. The van der Waals surface area contributed by atoms with Crippen molar-refractivity contribution in [2.45, 2.75) is 141 Å². The summed E-state index contributed by atoms with van der Waals surface area (Å²) in [5.74, 6) is 7.04. The average molecular weight is 1050 g/mol. The van der Waals surface area contributed by atoms with Crippen LogP contribution in [0.25, 0.3) is 0 Å². The van der Waals surface area contributed by atoms with Gasteiger partial charge in [-0.05, 0) is 93.8 Å². The maximum Gasteiger partial charge on any atom is 0.161 e. The second kappa shape index (κ2) is 34.2. The van der Waals surface area contributed by atoms with Crippen LogP contribution < -0.4 is 28.4 Å². The molecule has 8 nitrogen and oxygen atoms in total. The van der Waals surface area contributed by atoms with Crippen molar-refractivity contribution in [3.05, 3.63) is 142 Å². The molecule has 0 amide bonds. The predicted octanol–water partition coefficient (Wildman–Crippen LogP) is 15.3. The fraction of sp³-hybridized carbons (Fsp3) is 0.531. The van der Waals surface area contributed by atoms with E-state index in [4.69, 9.17) is 37.9 Å². The topological polar surface area (TPSA) is 73.8 Å². The molecule has 0 unspecified atom stereocenters. The highest BCUT2D eigenvalue weighted by atomic mass is 32.1. The molecule has 10 bridgehead atoms. The summed E-state index contributed by atoms with van der Waals surface area (Å²) < 4.78 is 52.3. The number of fused-ring (bicyclic) bond motifs is 12. The van der Waals surface area contributed by atoms with Gasteiger partial charge in [0.05, 0.1) is 39.6 Å². The second-order valence-corrected chi connectivity index (χ2v) is 20.8. The minimum absolute atomic E-state index is 0.381. The Morgan fingerprint density at radius 3 is 0.905 bits per heavy atom. The molecule has 402 valence electrons. The highest BCUT2D eigenvalue weighted by Crippen LogP contribution is 2.39. The molecule has 0 saturated heterocycles. The van der Waals surface area contributed by atoms with Crippen LogP contribution in [0.15, 0.2) is 97.1 Å². The molecule has 0 atom stereocenters. The van der Waals surface area contributed by atoms with E-state index in [1.807, 2.05) is 24.3 Å². The van der Waals surface area contributed by atoms with Crippen molar-refractivity contribution in [3.8, 4) is 34.5 Å². The fourth-order valence-corrected chi connectivity index (χ4v) is 10.6. The smallest absolute Gasteiger partial charge is 0.161 e. The maximum absolute atomic E-state index is 6.98. The van der Waals surface area contributed by atoms with Crippen LogP contribution in [-0.4, -0.2) is 77.6 Å². The van der Waals surface area contributed by atoms with Crippen LogP contribution in [0.1, 0.15) is 160 Å². The number of thiol groups is 2. The van der Waals surface area contributed by atoms with E-state index in [9.17, 15) is 0 Å². The Hall–Kier alpha value is -4.48. The minimum atomic E-state index is 0.381. The highest BCUT2D eigenvalue weighted by molar-refractivity contribution is 7.80. The van der Waals surface area contributed by atoms with Gasteiger partial charge in [0.1, 0.15) is 49.4 Å². The Morgan fingerprint density at radius 2 is 0.581 bits per heavy atom. The molecule has 2 aliphatic heterocycles. The van der Waals surface area contributed by atoms with Crippen LogP contribution in [0.4, 0.5) is 0 Å². The van der Waals surface area contributed by atoms with E-state index in [2.05, 4.69) is 98.1 Å². The van der Waals surface area contributed by atoms with Crippen molar-refractivity contribution in [2.24, 2.45) is 0 Å². The SMILES string of the molecule is SCCCCCCCCCCCOc1c2cccc1Cc1cccc3c1OCCOCCOc1ccccc1OCCOCCOc1c(cccc1Cc1cccc(c1OCCCCCCCCCCCS)C3)C2. The fourth-order valence-electron chi connectivity index (χ4n) is 10.2. The number of rotatable bonds is 24. The summed E-state index contributed by atoms with van der Waals surface area (Å²) in [4.78, 5) is 0. The van der Waals surface area contributed by atoms with Gasteiger partial charge in [0.15, 0.2) is 11.5 Å². The lowest BCUT2D eigenvalue weighted by molar-refractivity contribution is 0.0695.